The van der Waals surface area contributed by atoms with Crippen LogP contribution in [0.15, 0.2) is 12.7 Å². The van der Waals surface area contributed by atoms with E-state index in [1.807, 2.05) is 4.57 Å². The maximum atomic E-state index is 7.33. The van der Waals surface area contributed by atoms with Gasteiger partial charge in [-0.3, -0.25) is 4.57 Å². The van der Waals surface area contributed by atoms with Crippen molar-refractivity contribution in [2.24, 2.45) is 5.90 Å². The van der Waals surface area contributed by atoms with Crippen molar-refractivity contribution >= 4 is 34.1 Å². The fourth-order valence-corrected chi connectivity index (χ4v) is 17.0. The second-order valence-electron chi connectivity index (χ2n) is 11.4. The van der Waals surface area contributed by atoms with E-state index in [2.05, 4.69) is 70.3 Å². The van der Waals surface area contributed by atoms with Gasteiger partial charge in [0.15, 0.2) is 17.7 Å². The number of ether oxygens (including phenoxy) is 2. The molecule has 4 atom stereocenters. The van der Waals surface area contributed by atoms with Crippen LogP contribution in [0.4, 0.5) is 5.82 Å². The predicted molar refractivity (Wildman–Crippen MR) is 147 cm³/mol. The Kier molecular flexibility index (Phi) is 8.96. The predicted octanol–water partition coefficient (Wildman–Crippen LogP) is 3.54. The number of fused-ring (bicyclic) bond motifs is 2. The van der Waals surface area contributed by atoms with Crippen molar-refractivity contribution in [3.05, 3.63) is 12.7 Å². The lowest BCUT2D eigenvalue weighted by molar-refractivity contribution is -0.0802. The van der Waals surface area contributed by atoms with Crippen molar-refractivity contribution in [1.29, 1.82) is 0 Å². The third-order valence-electron chi connectivity index (χ3n) is 7.79. The molecule has 14 heteroatoms. The maximum absolute atomic E-state index is 7.33. The van der Waals surface area contributed by atoms with E-state index in [1.54, 1.807) is 6.33 Å². The van der Waals surface area contributed by atoms with Crippen molar-refractivity contribution in [2.75, 3.05) is 25.6 Å². The van der Waals surface area contributed by atoms with Crippen molar-refractivity contribution in [1.82, 2.24) is 19.5 Å². The van der Waals surface area contributed by atoms with E-state index in [1.165, 1.54) is 6.33 Å². The molecule has 0 radical (unpaired) electrons. The lowest BCUT2D eigenvalue weighted by Gasteiger charge is -2.51. The molecule has 2 aliphatic heterocycles. The molecule has 0 saturated carbocycles. The van der Waals surface area contributed by atoms with Crippen molar-refractivity contribution in [3.63, 3.8) is 0 Å². The zero-order valence-corrected chi connectivity index (χ0v) is 25.8. The van der Waals surface area contributed by atoms with Gasteiger partial charge in [-0.2, -0.15) is 0 Å². The van der Waals surface area contributed by atoms with Gasteiger partial charge in [0, 0.05) is 0 Å². The Bertz CT molecular complexity index is 1070. The average molecular weight is 569 g/mol. The second kappa shape index (κ2) is 11.5. The highest BCUT2D eigenvalue weighted by atomic mass is 28.5. The molecule has 4 heterocycles. The monoisotopic (exact) mass is 568 g/mol. The summed E-state index contributed by atoms with van der Waals surface area (Å²) in [7, 11) is -5.59. The second-order valence-corrected chi connectivity index (χ2v) is 20.3. The summed E-state index contributed by atoms with van der Waals surface area (Å²) in [5.74, 6) is 5.60. The molecule has 0 spiro atoms. The summed E-state index contributed by atoms with van der Waals surface area (Å²) in [6, 6.07) is 0. The van der Waals surface area contributed by atoms with Gasteiger partial charge in [0.05, 0.1) is 26.1 Å². The lowest BCUT2D eigenvalue weighted by Crippen LogP contribution is -2.66. The summed E-state index contributed by atoms with van der Waals surface area (Å²) in [5.41, 5.74) is 7.93. The number of anilines is 1. The van der Waals surface area contributed by atoms with Crippen LogP contribution in [0.1, 0.15) is 61.6 Å². The topological polar surface area (TPSA) is 151 Å². The highest BCUT2D eigenvalue weighted by molar-refractivity contribution is 6.84. The van der Waals surface area contributed by atoms with Gasteiger partial charge in [0.2, 0.25) is 0 Å². The fourth-order valence-electron chi connectivity index (χ4n) is 5.81. The molecule has 0 aromatic carbocycles. The number of rotatable bonds is 9. The molecule has 214 valence electrons. The minimum Gasteiger partial charge on any atom is -0.414 e. The summed E-state index contributed by atoms with van der Waals surface area (Å²) in [4.78, 5) is 17.7. The molecule has 0 unspecified atom stereocenters. The smallest absolute Gasteiger partial charge is 0.335 e. The summed E-state index contributed by atoms with van der Waals surface area (Å²) >= 11 is 0. The van der Waals surface area contributed by atoms with Crippen molar-refractivity contribution < 1.29 is 27.3 Å². The van der Waals surface area contributed by atoms with Crippen molar-refractivity contribution in [2.45, 2.75) is 102 Å². The van der Waals surface area contributed by atoms with E-state index in [9.17, 15) is 0 Å². The van der Waals surface area contributed by atoms with E-state index in [4.69, 9.17) is 38.9 Å². The normalized spacial score (nSPS) is 27.4. The molecule has 2 aromatic rings. The van der Waals surface area contributed by atoms with Crippen LogP contribution < -0.4 is 11.6 Å². The zero-order chi connectivity index (χ0) is 27.8. The maximum Gasteiger partial charge on any atom is 0.335 e. The Morgan fingerprint density at radius 3 is 2.24 bits per heavy atom. The van der Waals surface area contributed by atoms with Crippen molar-refractivity contribution in [3.8, 4) is 0 Å². The lowest BCUT2D eigenvalue weighted by atomic mass is 10.1. The van der Waals surface area contributed by atoms with E-state index in [0.717, 1.165) is 0 Å². The average Bonchev–Trinajstić information content (AvgIpc) is 3.41. The van der Waals surface area contributed by atoms with Crippen LogP contribution in [0, 0.1) is 0 Å². The summed E-state index contributed by atoms with van der Waals surface area (Å²) < 4.78 is 36.4. The number of hydrogen-bond acceptors (Lipinski definition) is 11. The van der Waals surface area contributed by atoms with Gasteiger partial charge in [-0.25, -0.2) is 20.8 Å². The number of imidazole rings is 1. The number of nitrogens with two attached hydrogens (primary N) is 2. The minimum atomic E-state index is -2.88. The molecule has 2 aliphatic rings. The molecule has 12 nitrogen and oxygen atoms in total. The largest absolute Gasteiger partial charge is 0.414 e. The van der Waals surface area contributed by atoms with Gasteiger partial charge in [-0.05, 0) is 22.2 Å². The first-order valence-corrected chi connectivity index (χ1v) is 17.5. The minimum absolute atomic E-state index is 0.169. The first kappa shape index (κ1) is 29.5. The van der Waals surface area contributed by atoms with Gasteiger partial charge in [-0.15, -0.1) is 0 Å². The molecule has 0 aliphatic carbocycles. The summed E-state index contributed by atoms with van der Waals surface area (Å²) in [5, 5.41) is 0. The molecule has 2 saturated heterocycles. The first-order chi connectivity index (χ1) is 18.0. The number of nitrogens with zero attached hydrogens (tertiary/aromatic N) is 4. The van der Waals surface area contributed by atoms with Gasteiger partial charge in [0.25, 0.3) is 0 Å². The Labute approximate surface area is 227 Å². The molecular weight excluding hydrogens is 524 g/mol. The molecule has 4 rings (SSSR count). The third kappa shape index (κ3) is 5.06. The van der Waals surface area contributed by atoms with Crippen LogP contribution in [0.5, 0.6) is 0 Å². The van der Waals surface area contributed by atoms with E-state index in [-0.39, 0.29) is 35.4 Å². The Balaban J connectivity index is 1.81. The Hall–Kier alpha value is -1.50. The quantitative estimate of drug-likeness (QED) is 0.260. The van der Waals surface area contributed by atoms with Crippen LogP contribution in [0.2, 0.25) is 22.2 Å². The van der Waals surface area contributed by atoms with Gasteiger partial charge >= 0.3 is 17.1 Å². The summed E-state index contributed by atoms with van der Waals surface area (Å²) in [6.07, 6.45) is 1.12. The third-order valence-corrected chi connectivity index (χ3v) is 18.0. The van der Waals surface area contributed by atoms with Crippen LogP contribution in [0.25, 0.3) is 11.2 Å². The fraction of sp³-hybridized carbons (Fsp3) is 0.792. The number of hydrogen-bond donors (Lipinski definition) is 2. The Morgan fingerprint density at radius 2 is 1.63 bits per heavy atom. The van der Waals surface area contributed by atoms with Crippen LogP contribution in [0.3, 0.4) is 0 Å². The van der Waals surface area contributed by atoms with E-state index in [0.29, 0.717) is 23.6 Å². The molecular formula is C24H44N6O6Si2. The van der Waals surface area contributed by atoms with Crippen LogP contribution in [-0.2, 0) is 27.3 Å². The molecule has 0 amide bonds. The summed E-state index contributed by atoms with van der Waals surface area (Å²) in [6.45, 7) is 18.4. The Morgan fingerprint density at radius 1 is 0.974 bits per heavy atom. The number of nitrogen functional groups attached to an aromatic ring is 1. The zero-order valence-electron chi connectivity index (χ0n) is 23.8. The van der Waals surface area contributed by atoms with Crippen LogP contribution >= 0.6 is 0 Å². The molecule has 38 heavy (non-hydrogen) atoms. The molecule has 0 bridgehead atoms. The number of aromatic nitrogens is 4. The molecule has 4 N–H and O–H groups in total. The SMILES string of the molecule is CC(C)[Si]1(C(C)C)OC[C@H]2O[C@@H](n3cnc4c(N)ncnc43)[C@H](OCCON)[C@@H]2O[Si](C(C)C)(C(C)C)O1. The highest BCUT2D eigenvalue weighted by Gasteiger charge is 2.62. The molecule has 2 fully saturated rings. The standard InChI is InChI=1S/C24H44N6O6Si2/c1-14(2)37(15(3)4)33-11-18-20(35-38(36-37,16(5)6)17(7)8)21(31-9-10-32-26)24(34-18)30-13-29-19-22(25)27-12-28-23(19)30/h12-18,20-21,24H,9-11,26H2,1-8H3,(H2,25,27,28)/t18-,20-,21-,24-/m1/s1. The van der Waals surface area contributed by atoms with Gasteiger partial charge in [0.1, 0.15) is 30.2 Å². The van der Waals surface area contributed by atoms with E-state index < -0.39 is 41.7 Å². The highest BCUT2D eigenvalue weighted by Crippen LogP contribution is 2.49. The van der Waals surface area contributed by atoms with E-state index >= 15 is 0 Å². The van der Waals surface area contributed by atoms with Gasteiger partial charge in [-0.1, -0.05) is 55.4 Å². The molecule has 2 aromatic heterocycles. The van der Waals surface area contributed by atoms with Crippen LogP contribution in [-0.4, -0.2) is 74.8 Å². The first-order valence-electron chi connectivity index (χ1n) is 13.5. The van der Waals surface area contributed by atoms with Gasteiger partial charge < -0.3 is 33.0 Å².